The number of nitrogens with one attached hydrogen (secondary N) is 1. The highest BCUT2D eigenvalue weighted by molar-refractivity contribution is 7.99. The predicted molar refractivity (Wildman–Crippen MR) is 127 cm³/mol. The Morgan fingerprint density at radius 3 is 2.62 bits per heavy atom. The molecule has 0 saturated carbocycles. The van der Waals surface area contributed by atoms with Crippen LogP contribution in [0.15, 0.2) is 65.5 Å². The highest BCUT2D eigenvalue weighted by Gasteiger charge is 2.18. The van der Waals surface area contributed by atoms with E-state index in [9.17, 15) is 0 Å². The van der Waals surface area contributed by atoms with Gasteiger partial charge in [-0.15, -0.1) is 0 Å². The summed E-state index contributed by atoms with van der Waals surface area (Å²) in [4.78, 5) is 20.4. The Morgan fingerprint density at radius 2 is 1.88 bits per heavy atom. The molecule has 0 amide bonds. The molecular weight excluding hydrogens is 424 g/mol. The van der Waals surface area contributed by atoms with Crippen molar-refractivity contribution in [2.45, 2.75) is 0 Å². The summed E-state index contributed by atoms with van der Waals surface area (Å²) >= 11 is 1.95. The second-order valence-electron chi connectivity index (χ2n) is 7.15. The van der Waals surface area contributed by atoms with Crippen LogP contribution in [0.5, 0.6) is 5.75 Å². The van der Waals surface area contributed by atoms with Crippen LogP contribution >= 0.6 is 11.8 Å². The van der Waals surface area contributed by atoms with E-state index >= 15 is 0 Å². The molecule has 0 aliphatic carbocycles. The SMILES string of the molecule is COc1cc(Nc2nc(-c3ccccc3)nc(N3CCSCC3)n2)ccc1-c1cnco1. The summed E-state index contributed by atoms with van der Waals surface area (Å²) in [5.74, 6) is 5.25. The van der Waals surface area contributed by atoms with Gasteiger partial charge in [0, 0.05) is 41.9 Å². The molecular formula is C23H22N6O2S. The average Bonchev–Trinajstić information content (AvgIpc) is 3.40. The van der Waals surface area contributed by atoms with E-state index in [1.165, 1.54) is 6.39 Å². The molecule has 4 aromatic rings. The first-order chi connectivity index (χ1) is 15.8. The molecule has 1 aliphatic rings. The maximum atomic E-state index is 5.57. The Bertz CT molecular complexity index is 1180. The fraction of sp³-hybridized carbons (Fsp3) is 0.217. The predicted octanol–water partition coefficient (Wildman–Crippen LogP) is 4.50. The third kappa shape index (κ3) is 4.38. The number of benzene rings is 2. The van der Waals surface area contributed by atoms with Gasteiger partial charge in [-0.25, -0.2) is 4.98 Å². The molecule has 162 valence electrons. The Balaban J connectivity index is 1.50. The van der Waals surface area contributed by atoms with Gasteiger partial charge in [-0.2, -0.15) is 26.7 Å². The molecule has 9 heteroatoms. The third-order valence-corrected chi connectivity index (χ3v) is 6.05. The standard InChI is InChI=1S/C23H22N6O2S/c1-30-19-13-17(7-8-18(19)20-14-24-15-31-20)25-22-26-21(16-5-3-2-4-6-16)27-23(28-22)29-9-11-32-12-10-29/h2-8,13-15H,9-12H2,1H3,(H,25,26,27,28). The molecule has 1 saturated heterocycles. The largest absolute Gasteiger partial charge is 0.496 e. The monoisotopic (exact) mass is 446 g/mol. The zero-order chi connectivity index (χ0) is 21.8. The third-order valence-electron chi connectivity index (χ3n) is 5.10. The van der Waals surface area contributed by atoms with Crippen molar-refractivity contribution in [3.63, 3.8) is 0 Å². The van der Waals surface area contributed by atoms with Gasteiger partial charge in [0.15, 0.2) is 18.0 Å². The second-order valence-corrected chi connectivity index (χ2v) is 8.38. The number of hydrogen-bond donors (Lipinski definition) is 1. The van der Waals surface area contributed by atoms with Crippen molar-refractivity contribution in [2.75, 3.05) is 41.9 Å². The minimum atomic E-state index is 0.488. The van der Waals surface area contributed by atoms with Crippen molar-refractivity contribution in [3.05, 3.63) is 61.1 Å². The van der Waals surface area contributed by atoms with Gasteiger partial charge >= 0.3 is 0 Å². The lowest BCUT2D eigenvalue weighted by atomic mass is 10.1. The van der Waals surface area contributed by atoms with Crippen LogP contribution in [0.1, 0.15) is 0 Å². The van der Waals surface area contributed by atoms with Crippen LogP contribution in [0.4, 0.5) is 17.6 Å². The molecule has 0 bridgehead atoms. The average molecular weight is 447 g/mol. The minimum Gasteiger partial charge on any atom is -0.496 e. The lowest BCUT2D eigenvalue weighted by Gasteiger charge is -2.26. The maximum absolute atomic E-state index is 5.57. The van der Waals surface area contributed by atoms with Gasteiger partial charge in [0.1, 0.15) is 5.75 Å². The van der Waals surface area contributed by atoms with Gasteiger partial charge < -0.3 is 19.4 Å². The zero-order valence-corrected chi connectivity index (χ0v) is 18.4. The van der Waals surface area contributed by atoms with Gasteiger partial charge in [-0.3, -0.25) is 0 Å². The quantitative estimate of drug-likeness (QED) is 0.460. The van der Waals surface area contributed by atoms with Crippen molar-refractivity contribution >= 4 is 29.3 Å². The van der Waals surface area contributed by atoms with Crippen LogP contribution in [-0.4, -0.2) is 51.6 Å². The molecule has 8 nitrogen and oxygen atoms in total. The van der Waals surface area contributed by atoms with Crippen LogP contribution in [0, 0.1) is 0 Å². The molecule has 1 aliphatic heterocycles. The molecule has 3 heterocycles. The number of ether oxygens (including phenoxy) is 1. The summed E-state index contributed by atoms with van der Waals surface area (Å²) < 4.78 is 11.0. The Hall–Kier alpha value is -3.59. The molecule has 32 heavy (non-hydrogen) atoms. The first-order valence-electron chi connectivity index (χ1n) is 10.3. The molecule has 1 N–H and O–H groups in total. The highest BCUT2D eigenvalue weighted by atomic mass is 32.2. The molecule has 2 aromatic heterocycles. The van der Waals surface area contributed by atoms with Crippen molar-refractivity contribution in [3.8, 4) is 28.5 Å². The van der Waals surface area contributed by atoms with Gasteiger partial charge in [0.25, 0.3) is 0 Å². The molecule has 1 fully saturated rings. The molecule has 5 rings (SSSR count). The summed E-state index contributed by atoms with van der Waals surface area (Å²) in [5, 5.41) is 3.32. The van der Waals surface area contributed by atoms with Gasteiger partial charge in [0.05, 0.1) is 18.9 Å². The van der Waals surface area contributed by atoms with Crippen LogP contribution in [-0.2, 0) is 0 Å². The van der Waals surface area contributed by atoms with E-state index < -0.39 is 0 Å². The maximum Gasteiger partial charge on any atom is 0.232 e. The van der Waals surface area contributed by atoms with Gasteiger partial charge in [-0.1, -0.05) is 30.3 Å². The number of hydrogen-bond acceptors (Lipinski definition) is 9. The Morgan fingerprint density at radius 1 is 1.03 bits per heavy atom. The van der Waals surface area contributed by atoms with Crippen LogP contribution in [0.3, 0.4) is 0 Å². The van der Waals surface area contributed by atoms with Crippen LogP contribution < -0.4 is 15.0 Å². The number of anilines is 3. The fourth-order valence-electron chi connectivity index (χ4n) is 3.49. The molecule has 0 unspecified atom stereocenters. The normalized spacial score (nSPS) is 13.7. The Kier molecular flexibility index (Phi) is 5.89. The van der Waals surface area contributed by atoms with E-state index in [4.69, 9.17) is 19.1 Å². The van der Waals surface area contributed by atoms with E-state index in [0.29, 0.717) is 29.2 Å². The van der Waals surface area contributed by atoms with Crippen LogP contribution in [0.25, 0.3) is 22.7 Å². The summed E-state index contributed by atoms with van der Waals surface area (Å²) in [6, 6.07) is 15.7. The lowest BCUT2D eigenvalue weighted by Crippen LogP contribution is -2.34. The fourth-order valence-corrected chi connectivity index (χ4v) is 4.40. The van der Waals surface area contributed by atoms with Crippen molar-refractivity contribution in [1.29, 1.82) is 0 Å². The number of aromatic nitrogens is 4. The summed E-state index contributed by atoms with van der Waals surface area (Å²) in [6.45, 7) is 1.84. The van der Waals surface area contributed by atoms with E-state index in [2.05, 4.69) is 20.2 Å². The van der Waals surface area contributed by atoms with Crippen molar-refractivity contribution in [2.24, 2.45) is 0 Å². The molecule has 0 spiro atoms. The molecule has 0 atom stereocenters. The van der Waals surface area contributed by atoms with E-state index in [1.54, 1.807) is 13.3 Å². The summed E-state index contributed by atoms with van der Waals surface area (Å²) in [5.41, 5.74) is 2.57. The lowest BCUT2D eigenvalue weighted by molar-refractivity contribution is 0.415. The first kappa shape index (κ1) is 20.3. The topological polar surface area (TPSA) is 89.2 Å². The smallest absolute Gasteiger partial charge is 0.232 e. The number of thioether (sulfide) groups is 1. The zero-order valence-electron chi connectivity index (χ0n) is 17.6. The van der Waals surface area contributed by atoms with Gasteiger partial charge in [0.2, 0.25) is 11.9 Å². The number of methoxy groups -OCH3 is 1. The molecule has 0 radical (unpaired) electrons. The second kappa shape index (κ2) is 9.27. The van der Waals surface area contributed by atoms with Crippen molar-refractivity contribution in [1.82, 2.24) is 19.9 Å². The van der Waals surface area contributed by atoms with E-state index in [-0.39, 0.29) is 0 Å². The number of oxazole rings is 1. The van der Waals surface area contributed by atoms with E-state index in [0.717, 1.165) is 41.4 Å². The number of rotatable bonds is 6. The van der Waals surface area contributed by atoms with Crippen LogP contribution in [0.2, 0.25) is 0 Å². The van der Waals surface area contributed by atoms with Crippen molar-refractivity contribution < 1.29 is 9.15 Å². The molecule has 2 aromatic carbocycles. The van der Waals surface area contributed by atoms with Gasteiger partial charge in [-0.05, 0) is 12.1 Å². The first-order valence-corrected chi connectivity index (χ1v) is 11.4. The highest BCUT2D eigenvalue weighted by Crippen LogP contribution is 2.33. The summed E-state index contributed by atoms with van der Waals surface area (Å²) in [7, 11) is 1.63. The Labute approximate surface area is 190 Å². The minimum absolute atomic E-state index is 0.488. The summed E-state index contributed by atoms with van der Waals surface area (Å²) in [6.07, 6.45) is 3.06. The van der Waals surface area contributed by atoms with E-state index in [1.807, 2.05) is 60.3 Å². The number of nitrogens with zero attached hydrogens (tertiary/aromatic N) is 5.